The van der Waals surface area contributed by atoms with E-state index in [1.807, 2.05) is 37.3 Å². The van der Waals surface area contributed by atoms with Gasteiger partial charge in [-0.2, -0.15) is 0 Å². The van der Waals surface area contributed by atoms with Crippen molar-refractivity contribution in [3.8, 4) is 0 Å². The van der Waals surface area contributed by atoms with Crippen molar-refractivity contribution in [3.05, 3.63) is 35.9 Å². The molecule has 100 valence electrons. The van der Waals surface area contributed by atoms with E-state index < -0.39 is 0 Å². The lowest BCUT2D eigenvalue weighted by Crippen LogP contribution is -2.37. The average Bonchev–Trinajstić information content (AvgIpc) is 2.42. The van der Waals surface area contributed by atoms with Gasteiger partial charge < -0.3 is 15.4 Å². The van der Waals surface area contributed by atoms with Crippen molar-refractivity contribution in [2.45, 2.75) is 13.5 Å². The van der Waals surface area contributed by atoms with Crippen LogP contribution in [-0.4, -0.2) is 37.6 Å². The molecule has 1 rings (SSSR count). The van der Waals surface area contributed by atoms with E-state index in [4.69, 9.17) is 10.5 Å². The van der Waals surface area contributed by atoms with Gasteiger partial charge in [0.2, 0.25) is 5.91 Å². The van der Waals surface area contributed by atoms with Gasteiger partial charge in [-0.05, 0) is 5.56 Å². The minimum atomic E-state index is -0.121. The number of nitrogens with zero attached hydrogens (tertiary/aromatic N) is 1. The Balaban J connectivity index is 2.20. The van der Waals surface area contributed by atoms with Gasteiger partial charge in [0.15, 0.2) is 0 Å². The van der Waals surface area contributed by atoms with Crippen LogP contribution in [0.2, 0.25) is 0 Å². The Hall–Kier alpha value is -1.39. The molecule has 0 heterocycles. The molecule has 0 aliphatic rings. The zero-order valence-corrected chi connectivity index (χ0v) is 11.1. The van der Waals surface area contributed by atoms with E-state index >= 15 is 0 Å². The van der Waals surface area contributed by atoms with Gasteiger partial charge in [-0.1, -0.05) is 37.3 Å². The summed E-state index contributed by atoms with van der Waals surface area (Å²) in [6.45, 7) is 3.93. The summed E-state index contributed by atoms with van der Waals surface area (Å²) in [6.07, 6.45) is 0. The van der Waals surface area contributed by atoms with E-state index in [2.05, 4.69) is 0 Å². The third kappa shape index (κ3) is 4.85. The monoisotopic (exact) mass is 250 g/mol. The molecule has 2 N–H and O–H groups in total. The van der Waals surface area contributed by atoms with E-state index in [-0.39, 0.29) is 11.8 Å². The van der Waals surface area contributed by atoms with E-state index in [0.29, 0.717) is 26.3 Å². The highest BCUT2D eigenvalue weighted by Crippen LogP contribution is 2.01. The predicted molar refractivity (Wildman–Crippen MR) is 72.0 cm³/mol. The van der Waals surface area contributed by atoms with Crippen LogP contribution in [0.15, 0.2) is 30.3 Å². The maximum absolute atomic E-state index is 11.7. The lowest BCUT2D eigenvalue weighted by molar-refractivity contribution is -0.134. The van der Waals surface area contributed by atoms with Crippen molar-refractivity contribution in [3.63, 3.8) is 0 Å². The van der Waals surface area contributed by atoms with E-state index in [1.165, 1.54) is 0 Å². The maximum atomic E-state index is 11.7. The maximum Gasteiger partial charge on any atom is 0.226 e. The molecule has 4 heteroatoms. The highest BCUT2D eigenvalue weighted by molar-refractivity contribution is 5.78. The van der Waals surface area contributed by atoms with Crippen LogP contribution in [0.5, 0.6) is 0 Å². The molecule has 1 aromatic carbocycles. The van der Waals surface area contributed by atoms with Crippen LogP contribution in [0.1, 0.15) is 12.5 Å². The normalized spacial score (nSPS) is 12.2. The number of likely N-dealkylation sites (N-methyl/N-ethyl adjacent to an activating group) is 1. The summed E-state index contributed by atoms with van der Waals surface area (Å²) in [5.41, 5.74) is 6.60. The summed E-state index contributed by atoms with van der Waals surface area (Å²) < 4.78 is 5.53. The van der Waals surface area contributed by atoms with Crippen LogP contribution in [0.25, 0.3) is 0 Å². The molecule has 0 aliphatic carbocycles. The first-order valence-electron chi connectivity index (χ1n) is 6.22. The quantitative estimate of drug-likeness (QED) is 0.741. The van der Waals surface area contributed by atoms with Crippen molar-refractivity contribution in [2.24, 2.45) is 11.7 Å². The van der Waals surface area contributed by atoms with E-state index in [9.17, 15) is 4.79 Å². The van der Waals surface area contributed by atoms with Crippen molar-refractivity contribution in [1.29, 1.82) is 0 Å². The van der Waals surface area contributed by atoms with Gasteiger partial charge in [0.1, 0.15) is 0 Å². The van der Waals surface area contributed by atoms with E-state index in [1.54, 1.807) is 11.9 Å². The number of hydrogen-bond donors (Lipinski definition) is 1. The second-order valence-corrected chi connectivity index (χ2v) is 4.43. The lowest BCUT2D eigenvalue weighted by atomic mass is 10.1. The lowest BCUT2D eigenvalue weighted by Gasteiger charge is -2.20. The summed E-state index contributed by atoms with van der Waals surface area (Å²) in [4.78, 5) is 13.4. The molecular formula is C14H22N2O2. The van der Waals surface area contributed by atoms with Gasteiger partial charge in [0.25, 0.3) is 0 Å². The molecule has 0 aromatic heterocycles. The van der Waals surface area contributed by atoms with E-state index in [0.717, 1.165) is 5.56 Å². The van der Waals surface area contributed by atoms with Crippen LogP contribution in [-0.2, 0) is 16.1 Å². The largest absolute Gasteiger partial charge is 0.375 e. The summed E-state index contributed by atoms with van der Waals surface area (Å²) >= 11 is 0. The van der Waals surface area contributed by atoms with Crippen molar-refractivity contribution < 1.29 is 9.53 Å². The Bertz CT molecular complexity index is 354. The fourth-order valence-corrected chi connectivity index (χ4v) is 1.55. The first kappa shape index (κ1) is 14.7. The SMILES string of the molecule is CC(CN)C(=O)N(C)CCOCc1ccccc1. The molecule has 0 aliphatic heterocycles. The average molecular weight is 250 g/mol. The molecule has 0 radical (unpaired) electrons. The molecule has 0 saturated carbocycles. The third-order valence-corrected chi connectivity index (χ3v) is 2.83. The van der Waals surface area contributed by atoms with Crippen LogP contribution >= 0.6 is 0 Å². The molecule has 1 amide bonds. The number of benzene rings is 1. The molecule has 18 heavy (non-hydrogen) atoms. The summed E-state index contributed by atoms with van der Waals surface area (Å²) in [5.74, 6) is -0.0510. The number of nitrogens with two attached hydrogens (primary N) is 1. The zero-order valence-electron chi connectivity index (χ0n) is 11.1. The van der Waals surface area contributed by atoms with Gasteiger partial charge in [0, 0.05) is 26.1 Å². The standard InChI is InChI=1S/C14H22N2O2/c1-12(10-15)14(17)16(2)8-9-18-11-13-6-4-3-5-7-13/h3-7,12H,8-11,15H2,1-2H3. The van der Waals surface area contributed by atoms with Crippen LogP contribution in [0, 0.1) is 5.92 Å². The Labute approximate surface area is 109 Å². The number of carbonyl (C=O) groups is 1. The van der Waals surface area contributed by atoms with Crippen LogP contribution < -0.4 is 5.73 Å². The minimum absolute atomic E-state index is 0.0702. The van der Waals surface area contributed by atoms with Crippen LogP contribution in [0.4, 0.5) is 0 Å². The Morgan fingerprint density at radius 2 is 2.06 bits per heavy atom. The molecule has 1 atom stereocenters. The molecule has 0 saturated heterocycles. The predicted octanol–water partition coefficient (Wildman–Crippen LogP) is 1.26. The Morgan fingerprint density at radius 3 is 2.67 bits per heavy atom. The molecule has 1 unspecified atom stereocenters. The highest BCUT2D eigenvalue weighted by atomic mass is 16.5. The first-order valence-corrected chi connectivity index (χ1v) is 6.22. The second kappa shape index (κ2) is 7.84. The fourth-order valence-electron chi connectivity index (χ4n) is 1.55. The number of rotatable bonds is 7. The van der Waals surface area contributed by atoms with Gasteiger partial charge in [-0.15, -0.1) is 0 Å². The van der Waals surface area contributed by atoms with Gasteiger partial charge in [0.05, 0.1) is 13.2 Å². The topological polar surface area (TPSA) is 55.6 Å². The highest BCUT2D eigenvalue weighted by Gasteiger charge is 2.15. The van der Waals surface area contributed by atoms with Crippen molar-refractivity contribution in [1.82, 2.24) is 4.90 Å². The molecule has 0 bridgehead atoms. The molecule has 0 fully saturated rings. The fraction of sp³-hybridized carbons (Fsp3) is 0.500. The van der Waals surface area contributed by atoms with Gasteiger partial charge in [-0.25, -0.2) is 0 Å². The zero-order chi connectivity index (χ0) is 13.4. The van der Waals surface area contributed by atoms with Gasteiger partial charge >= 0.3 is 0 Å². The summed E-state index contributed by atoms with van der Waals surface area (Å²) in [5, 5.41) is 0. The number of ether oxygens (including phenoxy) is 1. The third-order valence-electron chi connectivity index (χ3n) is 2.83. The number of hydrogen-bond acceptors (Lipinski definition) is 3. The summed E-state index contributed by atoms with van der Waals surface area (Å²) in [7, 11) is 1.78. The van der Waals surface area contributed by atoms with Crippen LogP contribution in [0.3, 0.4) is 0 Å². The number of carbonyl (C=O) groups excluding carboxylic acids is 1. The van der Waals surface area contributed by atoms with Gasteiger partial charge in [-0.3, -0.25) is 4.79 Å². The summed E-state index contributed by atoms with van der Waals surface area (Å²) in [6, 6.07) is 9.98. The molecule has 4 nitrogen and oxygen atoms in total. The second-order valence-electron chi connectivity index (χ2n) is 4.43. The van der Waals surface area contributed by atoms with Crippen molar-refractivity contribution in [2.75, 3.05) is 26.7 Å². The minimum Gasteiger partial charge on any atom is -0.375 e. The first-order chi connectivity index (χ1) is 8.65. The molecule has 0 spiro atoms. The smallest absolute Gasteiger partial charge is 0.226 e. The molecule has 1 aromatic rings. The molecular weight excluding hydrogens is 228 g/mol. The number of amides is 1. The Morgan fingerprint density at radius 1 is 1.39 bits per heavy atom. The Kier molecular flexibility index (Phi) is 6.39. The van der Waals surface area contributed by atoms with Crippen molar-refractivity contribution >= 4 is 5.91 Å².